The van der Waals surface area contributed by atoms with Gasteiger partial charge < -0.3 is 9.88 Å². The lowest BCUT2D eigenvalue weighted by atomic mass is 9.92. The zero-order chi connectivity index (χ0) is 19.8. The molecular weight excluding hydrogens is 364 g/mol. The van der Waals surface area contributed by atoms with E-state index in [9.17, 15) is 9.59 Å². The van der Waals surface area contributed by atoms with Crippen LogP contribution >= 0.6 is 0 Å². The maximum atomic E-state index is 12.8. The highest BCUT2D eigenvalue weighted by Gasteiger charge is 2.35. The number of rotatable bonds is 3. The molecule has 0 aromatic carbocycles. The minimum Gasteiger partial charge on any atom is -0.342 e. The molecule has 5 rings (SSSR count). The first kappa shape index (κ1) is 19.3. The summed E-state index contributed by atoms with van der Waals surface area (Å²) in [6.45, 7) is 3.31. The molecule has 1 aromatic rings. The minimum atomic E-state index is 0.0499. The van der Waals surface area contributed by atoms with E-state index in [1.807, 2.05) is 4.90 Å². The summed E-state index contributed by atoms with van der Waals surface area (Å²) in [4.78, 5) is 38.1. The Labute approximate surface area is 173 Å². The molecule has 6 nitrogen and oxygen atoms in total. The molecule has 2 aliphatic heterocycles. The Kier molecular flexibility index (Phi) is 5.46. The van der Waals surface area contributed by atoms with Crippen molar-refractivity contribution in [3.63, 3.8) is 0 Å². The van der Waals surface area contributed by atoms with Crippen molar-refractivity contribution in [2.75, 3.05) is 19.6 Å². The van der Waals surface area contributed by atoms with Crippen molar-refractivity contribution in [1.29, 1.82) is 0 Å². The van der Waals surface area contributed by atoms with E-state index in [0.717, 1.165) is 62.4 Å². The summed E-state index contributed by atoms with van der Waals surface area (Å²) < 4.78 is 0. The number of hydrogen-bond acceptors (Lipinski definition) is 4. The molecule has 6 heteroatoms. The number of carbonyl (C=O) groups excluding carboxylic acids is 1. The number of H-pyrrole nitrogens is 1. The second kappa shape index (κ2) is 8.21. The van der Waals surface area contributed by atoms with Gasteiger partial charge in [0.2, 0.25) is 5.91 Å². The van der Waals surface area contributed by atoms with Crippen LogP contribution in [0.1, 0.15) is 87.2 Å². The number of likely N-dealkylation sites (tertiary alicyclic amines) is 1. The summed E-state index contributed by atoms with van der Waals surface area (Å²) in [7, 11) is 0. The van der Waals surface area contributed by atoms with Crippen LogP contribution < -0.4 is 5.56 Å². The Hall–Kier alpha value is -1.69. The Balaban J connectivity index is 1.30. The lowest BCUT2D eigenvalue weighted by Crippen LogP contribution is -2.42. The summed E-state index contributed by atoms with van der Waals surface area (Å²) in [5, 5.41) is 0. The van der Waals surface area contributed by atoms with Crippen LogP contribution in [-0.2, 0) is 17.8 Å². The Morgan fingerprint density at radius 3 is 2.52 bits per heavy atom. The van der Waals surface area contributed by atoms with Gasteiger partial charge in [0.15, 0.2) is 0 Å². The molecule has 29 heavy (non-hydrogen) atoms. The number of aromatic amines is 1. The minimum absolute atomic E-state index is 0.0499. The van der Waals surface area contributed by atoms with Gasteiger partial charge in [0.25, 0.3) is 5.56 Å². The number of amides is 1. The van der Waals surface area contributed by atoms with E-state index in [4.69, 9.17) is 4.98 Å². The van der Waals surface area contributed by atoms with E-state index < -0.39 is 0 Å². The van der Waals surface area contributed by atoms with Crippen molar-refractivity contribution < 1.29 is 4.79 Å². The van der Waals surface area contributed by atoms with Gasteiger partial charge in [-0.05, 0) is 38.5 Å². The van der Waals surface area contributed by atoms with Crippen molar-refractivity contribution in [3.05, 3.63) is 27.4 Å². The predicted molar refractivity (Wildman–Crippen MR) is 112 cm³/mol. The lowest BCUT2D eigenvalue weighted by Gasteiger charge is -2.37. The average Bonchev–Trinajstić information content (AvgIpc) is 3.46. The molecular formula is C23H34N4O2. The van der Waals surface area contributed by atoms with Gasteiger partial charge in [-0.1, -0.05) is 32.1 Å². The zero-order valence-corrected chi connectivity index (χ0v) is 17.5. The van der Waals surface area contributed by atoms with Crippen LogP contribution in [0.2, 0.25) is 0 Å². The molecule has 0 radical (unpaired) electrons. The van der Waals surface area contributed by atoms with Crippen LogP contribution in [-0.4, -0.2) is 51.4 Å². The van der Waals surface area contributed by atoms with Crippen LogP contribution in [0.15, 0.2) is 4.79 Å². The van der Waals surface area contributed by atoms with Gasteiger partial charge in [-0.3, -0.25) is 14.5 Å². The molecule has 3 heterocycles. The topological polar surface area (TPSA) is 69.3 Å². The molecule has 0 bridgehead atoms. The van der Waals surface area contributed by atoms with E-state index in [-0.39, 0.29) is 17.4 Å². The second-order valence-corrected chi connectivity index (χ2v) is 9.64. The summed E-state index contributed by atoms with van der Waals surface area (Å²) in [5.41, 5.74) is 1.92. The van der Waals surface area contributed by atoms with Crippen LogP contribution in [0.25, 0.3) is 0 Å². The van der Waals surface area contributed by atoms with Crippen LogP contribution in [0, 0.1) is 5.92 Å². The van der Waals surface area contributed by atoms with Gasteiger partial charge in [-0.15, -0.1) is 0 Å². The van der Waals surface area contributed by atoms with Crippen molar-refractivity contribution in [1.82, 2.24) is 19.8 Å². The quantitative estimate of drug-likeness (QED) is 0.850. The van der Waals surface area contributed by atoms with Crippen molar-refractivity contribution in [3.8, 4) is 0 Å². The van der Waals surface area contributed by atoms with Crippen molar-refractivity contribution in [2.45, 2.75) is 89.1 Å². The van der Waals surface area contributed by atoms with Crippen LogP contribution in [0.5, 0.6) is 0 Å². The largest absolute Gasteiger partial charge is 0.342 e. The third-order valence-corrected chi connectivity index (χ3v) is 7.80. The fraction of sp³-hybridized carbons (Fsp3) is 0.783. The summed E-state index contributed by atoms with van der Waals surface area (Å²) >= 11 is 0. The van der Waals surface area contributed by atoms with Gasteiger partial charge >= 0.3 is 0 Å². The zero-order valence-electron chi connectivity index (χ0n) is 17.5. The molecule has 1 saturated heterocycles. The number of fused-ring (bicyclic) bond motifs is 1. The molecule has 1 N–H and O–H groups in total. The maximum Gasteiger partial charge on any atom is 0.254 e. The van der Waals surface area contributed by atoms with E-state index in [0.29, 0.717) is 18.5 Å². The van der Waals surface area contributed by atoms with Gasteiger partial charge in [-0.2, -0.15) is 0 Å². The Morgan fingerprint density at radius 1 is 0.966 bits per heavy atom. The molecule has 158 valence electrons. The summed E-state index contributed by atoms with van der Waals surface area (Å²) in [5.74, 6) is 1.53. The smallest absolute Gasteiger partial charge is 0.254 e. The van der Waals surface area contributed by atoms with Crippen molar-refractivity contribution >= 4 is 5.91 Å². The summed E-state index contributed by atoms with van der Waals surface area (Å²) in [6.07, 6.45) is 12.8. The predicted octanol–water partition coefficient (Wildman–Crippen LogP) is 2.97. The molecule has 4 aliphatic rings. The number of aromatic nitrogens is 2. The molecule has 2 aliphatic carbocycles. The number of hydrogen-bond donors (Lipinski definition) is 1. The van der Waals surface area contributed by atoms with Gasteiger partial charge in [0, 0.05) is 49.6 Å². The molecule has 2 saturated carbocycles. The van der Waals surface area contributed by atoms with Gasteiger partial charge in [-0.25, -0.2) is 4.98 Å². The first-order chi connectivity index (χ1) is 14.2. The number of nitrogens with zero attached hydrogens (tertiary/aromatic N) is 3. The lowest BCUT2D eigenvalue weighted by molar-refractivity contribution is -0.134. The summed E-state index contributed by atoms with van der Waals surface area (Å²) in [6, 6.07) is 0.660. The SMILES string of the molecule is O=C(C1CCCC1)N1CC[C@@H](c2nc3c(c(=O)[nH]2)CCN(C2CCCCC2)C3)C1. The standard InChI is InChI=1S/C23H34N4O2/c28-22-19-11-13-26(18-8-2-1-3-9-18)15-20(19)24-21(25-22)17-10-12-27(14-17)23(29)16-6-4-5-7-16/h16-18H,1-15H2,(H,24,25,28)/t17-/m1/s1. The normalized spacial score (nSPS) is 26.8. The number of carbonyl (C=O) groups is 1. The molecule has 3 fully saturated rings. The molecule has 1 aromatic heterocycles. The second-order valence-electron chi connectivity index (χ2n) is 9.64. The Morgan fingerprint density at radius 2 is 1.72 bits per heavy atom. The van der Waals surface area contributed by atoms with E-state index in [1.165, 1.54) is 44.9 Å². The van der Waals surface area contributed by atoms with E-state index in [1.54, 1.807) is 0 Å². The molecule has 0 spiro atoms. The van der Waals surface area contributed by atoms with Gasteiger partial charge in [0.1, 0.15) is 5.82 Å². The monoisotopic (exact) mass is 398 g/mol. The third-order valence-electron chi connectivity index (χ3n) is 7.80. The average molecular weight is 399 g/mol. The maximum absolute atomic E-state index is 12.8. The first-order valence-corrected chi connectivity index (χ1v) is 11.8. The first-order valence-electron chi connectivity index (χ1n) is 11.8. The van der Waals surface area contributed by atoms with Crippen molar-refractivity contribution in [2.24, 2.45) is 5.92 Å². The van der Waals surface area contributed by atoms with Crippen LogP contribution in [0.4, 0.5) is 0 Å². The highest BCUT2D eigenvalue weighted by molar-refractivity contribution is 5.79. The number of nitrogens with one attached hydrogen (secondary N) is 1. The van der Waals surface area contributed by atoms with E-state index in [2.05, 4.69) is 9.88 Å². The Bertz CT molecular complexity index is 808. The fourth-order valence-electron chi connectivity index (χ4n) is 6.04. The van der Waals surface area contributed by atoms with E-state index >= 15 is 0 Å². The van der Waals surface area contributed by atoms with Crippen LogP contribution in [0.3, 0.4) is 0 Å². The molecule has 0 unspecified atom stereocenters. The highest BCUT2D eigenvalue weighted by Crippen LogP contribution is 2.32. The highest BCUT2D eigenvalue weighted by atomic mass is 16.2. The fourth-order valence-corrected chi connectivity index (χ4v) is 6.04. The third kappa shape index (κ3) is 3.88. The molecule has 1 atom stereocenters. The molecule has 1 amide bonds. The van der Waals surface area contributed by atoms with Gasteiger partial charge in [0.05, 0.1) is 5.69 Å².